The zero-order valence-electron chi connectivity index (χ0n) is 23.3. The van der Waals surface area contributed by atoms with Crippen LogP contribution < -0.4 is 0 Å². The molecule has 0 bridgehead atoms. The molecule has 3 aromatic rings. The number of methoxy groups -OCH3 is 1. The number of nitrogens with zero attached hydrogens (tertiary/aromatic N) is 4. The molecule has 10 nitrogen and oxygen atoms in total. The largest absolute Gasteiger partial charge is 0.372 e. The summed E-state index contributed by atoms with van der Waals surface area (Å²) in [6.45, 7) is 3.52. The molecule has 1 unspecified atom stereocenters. The summed E-state index contributed by atoms with van der Waals surface area (Å²) in [5.41, 5.74) is 0.975. The molecule has 0 saturated carbocycles. The van der Waals surface area contributed by atoms with Gasteiger partial charge in [0.1, 0.15) is 24.4 Å². The lowest BCUT2D eigenvalue weighted by molar-refractivity contribution is -0.367. The molecule has 0 radical (unpaired) electrons. The molecular formula is C30H42N4O6. The molecule has 10 heteroatoms. The van der Waals surface area contributed by atoms with Crippen molar-refractivity contribution >= 4 is 0 Å². The quantitative estimate of drug-likeness (QED) is 0.241. The molecule has 2 aliphatic rings. The van der Waals surface area contributed by atoms with Crippen molar-refractivity contribution in [3.8, 4) is 0 Å². The average Bonchev–Trinajstić information content (AvgIpc) is 3.72. The van der Waals surface area contributed by atoms with Crippen molar-refractivity contribution in [3.63, 3.8) is 0 Å². The minimum atomic E-state index is -0.557. The topological polar surface area (TPSA) is 91.0 Å². The molecule has 6 atom stereocenters. The van der Waals surface area contributed by atoms with E-state index in [2.05, 4.69) is 19.1 Å². The van der Waals surface area contributed by atoms with Crippen LogP contribution in [0.1, 0.15) is 50.4 Å². The van der Waals surface area contributed by atoms with E-state index in [-0.39, 0.29) is 18.3 Å². The van der Waals surface area contributed by atoms with Gasteiger partial charge in [-0.2, -0.15) is 0 Å². The van der Waals surface area contributed by atoms with Crippen molar-refractivity contribution in [2.75, 3.05) is 26.9 Å². The van der Waals surface area contributed by atoms with E-state index in [0.717, 1.165) is 57.2 Å². The van der Waals surface area contributed by atoms with Crippen molar-refractivity contribution in [2.24, 2.45) is 0 Å². The second-order valence-corrected chi connectivity index (χ2v) is 10.3. The first-order valence-electron chi connectivity index (χ1n) is 14.5. The maximum Gasteiger partial charge on any atom is 0.186 e. The van der Waals surface area contributed by atoms with Crippen LogP contribution in [0, 0.1) is 0 Å². The molecule has 0 N–H and O–H groups in total. The summed E-state index contributed by atoms with van der Waals surface area (Å²) in [6, 6.07) is 9.99. The van der Waals surface area contributed by atoms with Crippen molar-refractivity contribution in [2.45, 2.75) is 88.6 Å². The third-order valence-corrected chi connectivity index (χ3v) is 7.45. The Bertz CT molecular complexity index is 1070. The lowest BCUT2D eigenvalue weighted by Crippen LogP contribution is -2.63. The molecule has 5 rings (SSSR count). The van der Waals surface area contributed by atoms with E-state index < -0.39 is 18.7 Å². The summed E-state index contributed by atoms with van der Waals surface area (Å²) in [4.78, 5) is 8.22. The van der Waals surface area contributed by atoms with Crippen LogP contribution in [0.15, 0.2) is 67.8 Å². The first-order chi connectivity index (χ1) is 19.8. The molecule has 4 heterocycles. The summed E-state index contributed by atoms with van der Waals surface area (Å²) in [5.74, 6) is 0. The second kappa shape index (κ2) is 15.4. The van der Waals surface area contributed by atoms with E-state index in [9.17, 15) is 0 Å². The number of imidazole rings is 2. The van der Waals surface area contributed by atoms with E-state index in [1.807, 2.05) is 67.8 Å². The molecule has 2 aliphatic heterocycles. The third-order valence-electron chi connectivity index (χ3n) is 7.45. The van der Waals surface area contributed by atoms with Crippen molar-refractivity contribution in [1.82, 2.24) is 19.1 Å². The van der Waals surface area contributed by atoms with Crippen LogP contribution in [0.5, 0.6) is 0 Å². The van der Waals surface area contributed by atoms with E-state index >= 15 is 0 Å². The Morgan fingerprint density at radius 3 is 2.05 bits per heavy atom. The van der Waals surface area contributed by atoms with Gasteiger partial charge in [0, 0.05) is 63.8 Å². The molecule has 0 aliphatic carbocycles. The Balaban J connectivity index is 1.17. The van der Waals surface area contributed by atoms with E-state index in [4.69, 9.17) is 28.4 Å². The summed E-state index contributed by atoms with van der Waals surface area (Å²) >= 11 is 0. The monoisotopic (exact) mass is 554 g/mol. The van der Waals surface area contributed by atoms with Gasteiger partial charge in [-0.1, -0.05) is 30.3 Å². The summed E-state index contributed by atoms with van der Waals surface area (Å²) in [7, 11) is 1.65. The molecule has 218 valence electrons. The standard InChI is InChI=1S/C30H42N4O6/c1-35-30-28(37-20-10-4-8-16-34-18-14-32-23-34)27(36-19-9-3-7-15-33-17-13-31-22-33)26-25(39-30)21-38-29(40-26)24-11-5-2-6-12-24/h2,5-6,11-14,17-18,22-23,25-30H,3-4,7-10,15-16,19-21H2,1H3/t25-,26-,27+,28-,29?,30+/m1/s1. The van der Waals surface area contributed by atoms with Crippen LogP contribution >= 0.6 is 0 Å². The minimum Gasteiger partial charge on any atom is -0.372 e. The van der Waals surface area contributed by atoms with E-state index in [0.29, 0.717) is 19.8 Å². The number of benzene rings is 1. The summed E-state index contributed by atoms with van der Waals surface area (Å²) in [6.07, 6.45) is 15.0. The minimum absolute atomic E-state index is 0.300. The molecule has 2 saturated heterocycles. The average molecular weight is 555 g/mol. The van der Waals surface area contributed by atoms with Crippen LogP contribution in [0.2, 0.25) is 0 Å². The van der Waals surface area contributed by atoms with E-state index in [1.165, 1.54) is 0 Å². The predicted molar refractivity (Wildman–Crippen MR) is 147 cm³/mol. The van der Waals surface area contributed by atoms with Crippen molar-refractivity contribution < 1.29 is 28.4 Å². The summed E-state index contributed by atoms with van der Waals surface area (Å²) < 4.78 is 41.8. The molecule has 1 aromatic carbocycles. The smallest absolute Gasteiger partial charge is 0.186 e. The fourth-order valence-electron chi connectivity index (χ4n) is 5.30. The van der Waals surface area contributed by atoms with Gasteiger partial charge >= 0.3 is 0 Å². The number of hydrogen-bond donors (Lipinski definition) is 0. The lowest BCUT2D eigenvalue weighted by atomic mass is 9.97. The second-order valence-electron chi connectivity index (χ2n) is 10.3. The van der Waals surface area contributed by atoms with Gasteiger partial charge in [0.05, 0.1) is 19.3 Å². The third kappa shape index (κ3) is 7.99. The highest BCUT2D eigenvalue weighted by molar-refractivity contribution is 5.16. The van der Waals surface area contributed by atoms with Crippen LogP contribution in [0.4, 0.5) is 0 Å². The maximum absolute atomic E-state index is 6.55. The molecule has 0 amide bonds. The zero-order chi connectivity index (χ0) is 27.4. The number of hydrogen-bond acceptors (Lipinski definition) is 8. The molecule has 2 fully saturated rings. The van der Waals surface area contributed by atoms with Crippen LogP contribution in [-0.2, 0) is 41.5 Å². The van der Waals surface area contributed by atoms with Crippen LogP contribution in [0.3, 0.4) is 0 Å². The van der Waals surface area contributed by atoms with Crippen molar-refractivity contribution in [3.05, 3.63) is 73.3 Å². The molecule has 40 heavy (non-hydrogen) atoms. The Labute approximate surface area is 236 Å². The van der Waals surface area contributed by atoms with Gasteiger partial charge in [0.25, 0.3) is 0 Å². The van der Waals surface area contributed by atoms with Gasteiger partial charge in [-0.05, 0) is 38.5 Å². The number of fused-ring (bicyclic) bond motifs is 1. The number of unbranched alkanes of at least 4 members (excludes halogenated alkanes) is 4. The number of ether oxygens (including phenoxy) is 6. The fourth-order valence-corrected chi connectivity index (χ4v) is 5.30. The Hall–Kier alpha value is -2.60. The first-order valence-corrected chi connectivity index (χ1v) is 14.5. The van der Waals surface area contributed by atoms with Gasteiger partial charge < -0.3 is 37.6 Å². The van der Waals surface area contributed by atoms with Gasteiger partial charge in [-0.3, -0.25) is 0 Å². The predicted octanol–water partition coefficient (Wildman–Crippen LogP) is 4.38. The van der Waals surface area contributed by atoms with Gasteiger partial charge in [0.15, 0.2) is 12.6 Å². The Kier molecular flexibility index (Phi) is 11.1. The normalized spacial score (nSPS) is 26.5. The van der Waals surface area contributed by atoms with Gasteiger partial charge in [-0.25, -0.2) is 9.97 Å². The fraction of sp³-hybridized carbons (Fsp3) is 0.600. The molecule has 0 spiro atoms. The zero-order valence-corrected chi connectivity index (χ0v) is 23.3. The van der Waals surface area contributed by atoms with Crippen molar-refractivity contribution in [1.29, 1.82) is 0 Å². The highest BCUT2D eigenvalue weighted by Crippen LogP contribution is 2.36. The first kappa shape index (κ1) is 28.9. The van der Waals surface area contributed by atoms with Gasteiger partial charge in [-0.15, -0.1) is 0 Å². The Morgan fingerprint density at radius 1 is 0.800 bits per heavy atom. The SMILES string of the molecule is CO[C@H]1O[C@@H]2COC(c3ccccc3)O[C@H]2[C@H](OCCCCCn2ccnc2)[C@H]1OCCCCCn1ccnc1. The molecular weight excluding hydrogens is 512 g/mol. The summed E-state index contributed by atoms with van der Waals surface area (Å²) in [5, 5.41) is 0. The number of aryl methyl sites for hydroxylation is 2. The van der Waals surface area contributed by atoms with E-state index in [1.54, 1.807) is 7.11 Å². The molecule has 2 aromatic heterocycles. The Morgan fingerprint density at radius 2 is 1.45 bits per heavy atom. The number of aromatic nitrogens is 4. The highest BCUT2D eigenvalue weighted by Gasteiger charge is 2.51. The lowest BCUT2D eigenvalue weighted by Gasteiger charge is -2.48. The van der Waals surface area contributed by atoms with Gasteiger partial charge in [0.2, 0.25) is 0 Å². The maximum atomic E-state index is 6.55. The highest BCUT2D eigenvalue weighted by atomic mass is 16.8. The number of rotatable bonds is 16. The van der Waals surface area contributed by atoms with Crippen LogP contribution in [-0.4, -0.2) is 76.7 Å². The van der Waals surface area contributed by atoms with Crippen LogP contribution in [0.25, 0.3) is 0 Å².